The average Bonchev–Trinajstić information content (AvgIpc) is 3.29. The number of rotatable bonds is 9. The first-order chi connectivity index (χ1) is 15.2. The highest BCUT2D eigenvalue weighted by Crippen LogP contribution is 2.32. The molecule has 0 bridgehead atoms. The first-order valence-corrected chi connectivity index (χ1v) is 9.87. The normalized spacial score (nSPS) is 11.8. The standard InChI is InChI=1S/C23H23N5O3/c1-30-22-14-17(15-24-16-20(29)18-8-4-2-5-9-18)12-13-21(22)31-23-25-26-27-28(23)19-10-6-3-7-11-19/h2-14,20,24,29H,15-16H2,1H3/t20-/m1/s1. The maximum absolute atomic E-state index is 10.3. The van der Waals surface area contributed by atoms with Crippen molar-refractivity contribution in [2.75, 3.05) is 13.7 Å². The predicted molar refractivity (Wildman–Crippen MR) is 115 cm³/mol. The molecule has 8 nitrogen and oxygen atoms in total. The fourth-order valence-corrected chi connectivity index (χ4v) is 3.12. The number of para-hydroxylation sites is 1. The van der Waals surface area contributed by atoms with Crippen LogP contribution in [-0.4, -0.2) is 39.0 Å². The molecule has 0 aliphatic carbocycles. The van der Waals surface area contributed by atoms with E-state index in [0.29, 0.717) is 24.6 Å². The fraction of sp³-hybridized carbons (Fsp3) is 0.174. The van der Waals surface area contributed by atoms with E-state index in [1.54, 1.807) is 7.11 Å². The number of nitrogens with one attached hydrogen (secondary N) is 1. The van der Waals surface area contributed by atoms with E-state index in [1.807, 2.05) is 78.9 Å². The van der Waals surface area contributed by atoms with Gasteiger partial charge in [-0.15, -0.1) is 0 Å². The third kappa shape index (κ3) is 5.06. The molecule has 0 fully saturated rings. The lowest BCUT2D eigenvalue weighted by atomic mass is 10.1. The zero-order chi connectivity index (χ0) is 21.5. The number of ether oxygens (including phenoxy) is 2. The first-order valence-electron chi connectivity index (χ1n) is 9.87. The van der Waals surface area contributed by atoms with Gasteiger partial charge in [0.15, 0.2) is 11.5 Å². The molecule has 0 saturated carbocycles. The summed E-state index contributed by atoms with van der Waals surface area (Å²) in [6.45, 7) is 1.01. The maximum Gasteiger partial charge on any atom is 0.346 e. The average molecular weight is 417 g/mol. The minimum Gasteiger partial charge on any atom is -0.493 e. The van der Waals surface area contributed by atoms with Crippen molar-refractivity contribution in [3.8, 4) is 23.2 Å². The summed E-state index contributed by atoms with van der Waals surface area (Å²) in [5.41, 5.74) is 2.67. The van der Waals surface area contributed by atoms with Gasteiger partial charge in [-0.1, -0.05) is 59.7 Å². The van der Waals surface area contributed by atoms with Crippen molar-refractivity contribution in [2.45, 2.75) is 12.6 Å². The van der Waals surface area contributed by atoms with Crippen LogP contribution in [0.25, 0.3) is 5.69 Å². The van der Waals surface area contributed by atoms with Gasteiger partial charge in [0.2, 0.25) is 0 Å². The molecule has 4 aromatic rings. The number of nitrogens with zero attached hydrogens (tertiary/aromatic N) is 4. The molecule has 0 amide bonds. The van der Waals surface area contributed by atoms with Crippen molar-refractivity contribution in [3.63, 3.8) is 0 Å². The van der Waals surface area contributed by atoms with Crippen LogP contribution in [0.15, 0.2) is 78.9 Å². The second kappa shape index (κ2) is 9.84. The summed E-state index contributed by atoms with van der Waals surface area (Å²) in [5, 5.41) is 25.2. The van der Waals surface area contributed by atoms with Crippen LogP contribution in [0.5, 0.6) is 17.5 Å². The Bertz CT molecular complexity index is 1100. The minimum atomic E-state index is -0.567. The van der Waals surface area contributed by atoms with Gasteiger partial charge >= 0.3 is 6.01 Å². The van der Waals surface area contributed by atoms with Crippen LogP contribution in [0.1, 0.15) is 17.2 Å². The largest absolute Gasteiger partial charge is 0.493 e. The summed E-state index contributed by atoms with van der Waals surface area (Å²) in [7, 11) is 1.58. The van der Waals surface area contributed by atoms with Crippen molar-refractivity contribution in [3.05, 3.63) is 90.0 Å². The molecule has 8 heteroatoms. The number of benzene rings is 3. The van der Waals surface area contributed by atoms with Gasteiger partial charge in [0.05, 0.1) is 18.9 Å². The van der Waals surface area contributed by atoms with Gasteiger partial charge in [0.25, 0.3) is 0 Å². The lowest BCUT2D eigenvalue weighted by molar-refractivity contribution is 0.174. The van der Waals surface area contributed by atoms with Crippen molar-refractivity contribution in [2.24, 2.45) is 0 Å². The SMILES string of the molecule is COc1cc(CNC[C@@H](O)c2ccccc2)ccc1Oc1nnnn1-c1ccccc1. The maximum atomic E-state index is 10.3. The molecule has 0 unspecified atom stereocenters. The smallest absolute Gasteiger partial charge is 0.346 e. The number of aliphatic hydroxyl groups excluding tert-OH is 1. The summed E-state index contributed by atoms with van der Waals surface area (Å²) in [5.74, 6) is 1.06. The lowest BCUT2D eigenvalue weighted by Crippen LogP contribution is -2.21. The van der Waals surface area contributed by atoms with Crippen molar-refractivity contribution >= 4 is 0 Å². The second-order valence-corrected chi connectivity index (χ2v) is 6.85. The molecular weight excluding hydrogens is 394 g/mol. The van der Waals surface area contributed by atoms with Crippen molar-refractivity contribution < 1.29 is 14.6 Å². The molecule has 4 rings (SSSR count). The highest BCUT2D eigenvalue weighted by Gasteiger charge is 2.14. The number of hydrogen-bond acceptors (Lipinski definition) is 7. The van der Waals surface area contributed by atoms with Gasteiger partial charge in [0, 0.05) is 13.1 Å². The molecule has 0 spiro atoms. The first kappa shape index (κ1) is 20.5. The molecule has 1 atom stereocenters. The second-order valence-electron chi connectivity index (χ2n) is 6.85. The fourth-order valence-electron chi connectivity index (χ4n) is 3.12. The van der Waals surface area contributed by atoms with Gasteiger partial charge < -0.3 is 19.9 Å². The van der Waals surface area contributed by atoms with Gasteiger partial charge in [-0.2, -0.15) is 4.68 Å². The minimum absolute atomic E-state index is 0.237. The van der Waals surface area contributed by atoms with Crippen LogP contribution in [0.2, 0.25) is 0 Å². The molecule has 0 aliphatic rings. The molecule has 0 radical (unpaired) electrons. The van der Waals surface area contributed by atoms with Crippen LogP contribution in [0, 0.1) is 0 Å². The lowest BCUT2D eigenvalue weighted by Gasteiger charge is -2.14. The summed E-state index contributed by atoms with van der Waals surface area (Å²) in [4.78, 5) is 0. The Labute approximate surface area is 180 Å². The molecule has 2 N–H and O–H groups in total. The number of hydrogen-bond donors (Lipinski definition) is 2. The topological polar surface area (TPSA) is 94.3 Å². The van der Waals surface area contributed by atoms with Crippen LogP contribution >= 0.6 is 0 Å². The van der Waals surface area contributed by atoms with Gasteiger partial charge in [-0.25, -0.2) is 0 Å². The molecule has 0 aliphatic heterocycles. The Balaban J connectivity index is 1.42. The number of tetrazole rings is 1. The number of aliphatic hydroxyl groups is 1. The third-order valence-corrected chi connectivity index (χ3v) is 4.72. The van der Waals surface area contributed by atoms with E-state index in [-0.39, 0.29) is 6.01 Å². The zero-order valence-corrected chi connectivity index (χ0v) is 17.0. The quantitative estimate of drug-likeness (QED) is 0.432. The Morgan fingerprint density at radius 3 is 2.45 bits per heavy atom. The van der Waals surface area contributed by atoms with E-state index >= 15 is 0 Å². The van der Waals surface area contributed by atoms with Crippen LogP contribution in [0.4, 0.5) is 0 Å². The summed E-state index contributed by atoms with van der Waals surface area (Å²) in [6, 6.07) is 24.9. The third-order valence-electron chi connectivity index (χ3n) is 4.72. The molecule has 0 saturated heterocycles. The molecule has 31 heavy (non-hydrogen) atoms. The van der Waals surface area contributed by atoms with E-state index < -0.39 is 6.10 Å². The summed E-state index contributed by atoms with van der Waals surface area (Å²) in [6.07, 6.45) is -0.567. The molecule has 3 aromatic carbocycles. The van der Waals surface area contributed by atoms with Gasteiger partial charge in [0.1, 0.15) is 0 Å². The van der Waals surface area contributed by atoms with Crippen molar-refractivity contribution in [1.82, 2.24) is 25.5 Å². The Kier molecular flexibility index (Phi) is 6.51. The highest BCUT2D eigenvalue weighted by atomic mass is 16.5. The molecule has 1 aromatic heterocycles. The van der Waals surface area contributed by atoms with E-state index in [0.717, 1.165) is 16.8 Å². The summed E-state index contributed by atoms with van der Waals surface area (Å²) >= 11 is 0. The van der Waals surface area contributed by atoms with Crippen LogP contribution in [-0.2, 0) is 6.54 Å². The monoisotopic (exact) mass is 417 g/mol. The summed E-state index contributed by atoms with van der Waals surface area (Å²) < 4.78 is 12.9. The van der Waals surface area contributed by atoms with Crippen LogP contribution in [0.3, 0.4) is 0 Å². The van der Waals surface area contributed by atoms with Gasteiger partial charge in [-0.3, -0.25) is 0 Å². The molecular formula is C23H23N5O3. The molecule has 1 heterocycles. The van der Waals surface area contributed by atoms with Crippen LogP contribution < -0.4 is 14.8 Å². The Morgan fingerprint density at radius 1 is 0.968 bits per heavy atom. The Morgan fingerprint density at radius 2 is 1.71 bits per heavy atom. The van der Waals surface area contributed by atoms with E-state index in [9.17, 15) is 5.11 Å². The number of aromatic nitrogens is 4. The van der Waals surface area contributed by atoms with Gasteiger partial charge in [-0.05, 0) is 45.8 Å². The molecule has 158 valence electrons. The van der Waals surface area contributed by atoms with E-state index in [4.69, 9.17) is 9.47 Å². The number of methoxy groups -OCH3 is 1. The van der Waals surface area contributed by atoms with E-state index in [1.165, 1.54) is 4.68 Å². The zero-order valence-electron chi connectivity index (χ0n) is 17.0. The van der Waals surface area contributed by atoms with E-state index in [2.05, 4.69) is 20.8 Å². The highest BCUT2D eigenvalue weighted by molar-refractivity contribution is 5.44. The predicted octanol–water partition coefficient (Wildman–Crippen LogP) is 3.29. The Hall–Kier alpha value is -3.75. The van der Waals surface area contributed by atoms with Crippen molar-refractivity contribution in [1.29, 1.82) is 0 Å².